The molecule has 4 heterocycles. The van der Waals surface area contributed by atoms with Crippen molar-refractivity contribution in [3.8, 4) is 11.5 Å². The first-order valence-electron chi connectivity index (χ1n) is 7.91. The Morgan fingerprint density at radius 1 is 1.15 bits per heavy atom. The fourth-order valence-corrected chi connectivity index (χ4v) is 2.59. The lowest BCUT2D eigenvalue weighted by atomic mass is 10.1. The number of hydrogen-bond donors (Lipinski definition) is 0. The van der Waals surface area contributed by atoms with E-state index in [-0.39, 0.29) is 12.2 Å². The van der Waals surface area contributed by atoms with Gasteiger partial charge in [-0.05, 0) is 25.1 Å². The van der Waals surface area contributed by atoms with Crippen LogP contribution in [0.4, 0.5) is 0 Å². The monoisotopic (exact) mass is 346 g/mol. The second kappa shape index (κ2) is 6.67. The molecule has 26 heavy (non-hydrogen) atoms. The molecule has 0 unspecified atom stereocenters. The summed E-state index contributed by atoms with van der Waals surface area (Å²) >= 11 is 0. The molecule has 0 aliphatic carbocycles. The van der Waals surface area contributed by atoms with Crippen LogP contribution in [0.1, 0.15) is 21.7 Å². The second-order valence-corrected chi connectivity index (χ2v) is 5.66. The molecule has 4 rings (SSSR count). The van der Waals surface area contributed by atoms with E-state index in [0.29, 0.717) is 28.4 Å². The van der Waals surface area contributed by atoms with Crippen LogP contribution in [0, 0.1) is 6.92 Å². The van der Waals surface area contributed by atoms with Crippen molar-refractivity contribution in [2.24, 2.45) is 0 Å². The standard InChI is InChI=1S/C18H14N6O2/c1-12-3-2-4-13(23-12)5-17(25)16-6-14(9-24-18(16)21-11-22-24)26-15-7-19-10-20-8-15/h2-4,6-11H,5H2,1H3. The summed E-state index contributed by atoms with van der Waals surface area (Å²) in [5.74, 6) is 0.792. The van der Waals surface area contributed by atoms with Crippen LogP contribution in [-0.4, -0.2) is 35.3 Å². The summed E-state index contributed by atoms with van der Waals surface area (Å²) in [6.45, 7) is 1.89. The van der Waals surface area contributed by atoms with Gasteiger partial charge in [0, 0.05) is 11.4 Å². The van der Waals surface area contributed by atoms with Crippen molar-refractivity contribution in [1.82, 2.24) is 29.5 Å². The minimum absolute atomic E-state index is 0.115. The van der Waals surface area contributed by atoms with Crippen molar-refractivity contribution < 1.29 is 9.53 Å². The fraction of sp³-hybridized carbons (Fsp3) is 0.111. The van der Waals surface area contributed by atoms with Gasteiger partial charge in [0.05, 0.1) is 30.6 Å². The molecular formula is C18H14N6O2. The van der Waals surface area contributed by atoms with E-state index in [1.165, 1.54) is 29.6 Å². The Morgan fingerprint density at radius 3 is 2.81 bits per heavy atom. The molecule has 4 aromatic rings. The first-order chi connectivity index (χ1) is 12.7. The number of carbonyl (C=O) groups excluding carboxylic acids is 1. The maximum absolute atomic E-state index is 12.8. The summed E-state index contributed by atoms with van der Waals surface area (Å²) in [6.07, 6.45) is 7.70. The fourth-order valence-electron chi connectivity index (χ4n) is 2.59. The van der Waals surface area contributed by atoms with Gasteiger partial charge >= 0.3 is 0 Å². The van der Waals surface area contributed by atoms with Gasteiger partial charge in [-0.2, -0.15) is 5.10 Å². The lowest BCUT2D eigenvalue weighted by Crippen LogP contribution is -2.08. The molecule has 0 atom stereocenters. The van der Waals surface area contributed by atoms with Crippen LogP contribution in [-0.2, 0) is 6.42 Å². The number of Topliss-reactive ketones (excluding diaryl/α,β-unsaturated/α-hetero) is 1. The summed E-state index contributed by atoms with van der Waals surface area (Å²) in [5.41, 5.74) is 2.46. The third kappa shape index (κ3) is 3.25. The molecule has 0 radical (unpaired) electrons. The zero-order chi connectivity index (χ0) is 17.9. The van der Waals surface area contributed by atoms with Gasteiger partial charge in [-0.3, -0.25) is 9.78 Å². The summed E-state index contributed by atoms with van der Waals surface area (Å²) in [4.78, 5) is 29.2. The molecular weight excluding hydrogens is 332 g/mol. The zero-order valence-electron chi connectivity index (χ0n) is 13.9. The Balaban J connectivity index is 1.69. The molecule has 8 nitrogen and oxygen atoms in total. The van der Waals surface area contributed by atoms with Gasteiger partial charge in [0.1, 0.15) is 18.4 Å². The molecule has 0 spiro atoms. The number of aromatic nitrogens is 6. The highest BCUT2D eigenvalue weighted by Crippen LogP contribution is 2.23. The number of aryl methyl sites for hydroxylation is 1. The first-order valence-corrected chi connectivity index (χ1v) is 7.91. The average Bonchev–Trinajstić information content (AvgIpc) is 3.10. The Labute approximate surface area is 148 Å². The number of ether oxygens (including phenoxy) is 1. The molecule has 0 N–H and O–H groups in total. The van der Waals surface area contributed by atoms with Crippen molar-refractivity contribution in [2.75, 3.05) is 0 Å². The van der Waals surface area contributed by atoms with Gasteiger partial charge in [-0.25, -0.2) is 19.5 Å². The van der Waals surface area contributed by atoms with E-state index in [9.17, 15) is 4.79 Å². The van der Waals surface area contributed by atoms with Crippen LogP contribution in [0.15, 0.2) is 55.5 Å². The largest absolute Gasteiger partial charge is 0.452 e. The van der Waals surface area contributed by atoms with E-state index < -0.39 is 0 Å². The summed E-state index contributed by atoms with van der Waals surface area (Å²) in [7, 11) is 0. The Hall–Kier alpha value is -3.68. The molecule has 128 valence electrons. The minimum atomic E-state index is -0.115. The second-order valence-electron chi connectivity index (χ2n) is 5.66. The lowest BCUT2D eigenvalue weighted by Gasteiger charge is -2.08. The predicted octanol–water partition coefficient (Wildman–Crippen LogP) is 2.44. The number of pyridine rings is 2. The van der Waals surface area contributed by atoms with Crippen LogP contribution in [0.3, 0.4) is 0 Å². The molecule has 0 aliphatic rings. The highest BCUT2D eigenvalue weighted by Gasteiger charge is 2.16. The Kier molecular flexibility index (Phi) is 4.06. The van der Waals surface area contributed by atoms with E-state index in [0.717, 1.165) is 5.69 Å². The van der Waals surface area contributed by atoms with E-state index in [1.54, 1.807) is 12.3 Å². The van der Waals surface area contributed by atoms with E-state index in [1.807, 2.05) is 25.1 Å². The topological polar surface area (TPSA) is 95.2 Å². The van der Waals surface area contributed by atoms with Gasteiger partial charge in [-0.15, -0.1) is 0 Å². The Morgan fingerprint density at radius 2 is 2.00 bits per heavy atom. The molecule has 0 bridgehead atoms. The van der Waals surface area contributed by atoms with Crippen LogP contribution >= 0.6 is 0 Å². The molecule has 8 heteroatoms. The van der Waals surface area contributed by atoms with Crippen molar-refractivity contribution in [1.29, 1.82) is 0 Å². The quantitative estimate of drug-likeness (QED) is 0.512. The lowest BCUT2D eigenvalue weighted by molar-refractivity contribution is 0.0992. The van der Waals surface area contributed by atoms with Crippen LogP contribution < -0.4 is 4.74 Å². The number of nitrogens with zero attached hydrogens (tertiary/aromatic N) is 6. The Bertz CT molecular complexity index is 1080. The van der Waals surface area contributed by atoms with Gasteiger partial charge in [-0.1, -0.05) is 6.07 Å². The number of rotatable bonds is 5. The van der Waals surface area contributed by atoms with Crippen LogP contribution in [0.2, 0.25) is 0 Å². The predicted molar refractivity (Wildman–Crippen MR) is 92.1 cm³/mol. The maximum Gasteiger partial charge on any atom is 0.172 e. The van der Waals surface area contributed by atoms with Crippen LogP contribution in [0.5, 0.6) is 11.5 Å². The third-order valence-corrected chi connectivity index (χ3v) is 3.71. The van der Waals surface area contributed by atoms with E-state index in [4.69, 9.17) is 4.74 Å². The highest BCUT2D eigenvalue weighted by molar-refractivity contribution is 6.02. The van der Waals surface area contributed by atoms with E-state index >= 15 is 0 Å². The highest BCUT2D eigenvalue weighted by atomic mass is 16.5. The molecule has 0 aromatic carbocycles. The third-order valence-electron chi connectivity index (χ3n) is 3.71. The van der Waals surface area contributed by atoms with Gasteiger partial charge in [0.25, 0.3) is 0 Å². The number of carbonyl (C=O) groups is 1. The molecule has 0 saturated heterocycles. The van der Waals surface area contributed by atoms with Gasteiger partial charge in [0.15, 0.2) is 17.2 Å². The van der Waals surface area contributed by atoms with Crippen molar-refractivity contribution >= 4 is 11.4 Å². The summed E-state index contributed by atoms with van der Waals surface area (Å²) in [6, 6.07) is 7.25. The SMILES string of the molecule is Cc1cccc(CC(=O)c2cc(Oc3cncnc3)cn3ncnc23)n1. The van der Waals surface area contributed by atoms with Crippen LogP contribution in [0.25, 0.3) is 5.65 Å². The number of fused-ring (bicyclic) bond motifs is 1. The van der Waals surface area contributed by atoms with Crippen molar-refractivity contribution in [3.05, 3.63) is 72.5 Å². The zero-order valence-corrected chi connectivity index (χ0v) is 13.9. The number of ketones is 1. The van der Waals surface area contributed by atoms with E-state index in [2.05, 4.69) is 25.0 Å². The summed E-state index contributed by atoms with van der Waals surface area (Å²) in [5, 5.41) is 4.11. The molecule has 0 fully saturated rings. The normalized spacial score (nSPS) is 10.8. The molecule has 4 aromatic heterocycles. The molecule has 0 amide bonds. The van der Waals surface area contributed by atoms with Crippen molar-refractivity contribution in [3.63, 3.8) is 0 Å². The minimum Gasteiger partial charge on any atom is -0.452 e. The number of hydrogen-bond acceptors (Lipinski definition) is 7. The smallest absolute Gasteiger partial charge is 0.172 e. The molecule has 0 saturated carbocycles. The van der Waals surface area contributed by atoms with Gasteiger partial charge < -0.3 is 4.74 Å². The first kappa shape index (κ1) is 15.8. The van der Waals surface area contributed by atoms with Crippen molar-refractivity contribution in [2.45, 2.75) is 13.3 Å². The van der Waals surface area contributed by atoms with Gasteiger partial charge in [0.2, 0.25) is 0 Å². The summed E-state index contributed by atoms with van der Waals surface area (Å²) < 4.78 is 7.24. The average molecular weight is 346 g/mol. The molecule has 0 aliphatic heterocycles. The maximum atomic E-state index is 12.8.